The molecule has 0 atom stereocenters. The van der Waals surface area contributed by atoms with Crippen LogP contribution in [0.2, 0.25) is 0 Å². The van der Waals surface area contributed by atoms with E-state index in [4.69, 9.17) is 0 Å². The molecule has 11 aromatic carbocycles. The highest BCUT2D eigenvalue weighted by Crippen LogP contribution is 2.39. The molecule has 0 amide bonds. The van der Waals surface area contributed by atoms with E-state index in [1.807, 2.05) is 0 Å². The summed E-state index contributed by atoms with van der Waals surface area (Å²) in [5.41, 5.74) is 14.3. The van der Waals surface area contributed by atoms with Crippen LogP contribution in [0, 0.1) is 0 Å². The molecule has 2 heterocycles. The molecule has 13 aromatic rings. The summed E-state index contributed by atoms with van der Waals surface area (Å²) in [6.07, 6.45) is 0. The van der Waals surface area contributed by atoms with E-state index in [1.165, 1.54) is 103 Å². The number of hydrogen-bond acceptors (Lipinski definition) is 0. The van der Waals surface area contributed by atoms with Gasteiger partial charge in [0, 0.05) is 32.8 Å². The molecule has 2 nitrogen and oxygen atoms in total. The Morgan fingerprint density at radius 2 is 0.652 bits per heavy atom. The van der Waals surface area contributed by atoms with Crippen molar-refractivity contribution in [3.63, 3.8) is 0 Å². The first kappa shape index (κ1) is 40.5. The van der Waals surface area contributed by atoms with Gasteiger partial charge in [-0.2, -0.15) is 0 Å². The van der Waals surface area contributed by atoms with Gasteiger partial charge in [-0.1, -0.05) is 237 Å². The summed E-state index contributed by atoms with van der Waals surface area (Å²) in [6.45, 7) is 0. The summed E-state index contributed by atoms with van der Waals surface area (Å²) in [5.74, 6) is 0. The van der Waals surface area contributed by atoms with E-state index in [-0.39, 0.29) is 0 Å². The van der Waals surface area contributed by atoms with Gasteiger partial charge in [0.1, 0.15) is 0 Å². The average Bonchev–Trinajstić information content (AvgIpc) is 3.94. The number of para-hydroxylation sites is 3. The Kier molecular flexibility index (Phi) is 9.88. The van der Waals surface area contributed by atoms with Crippen molar-refractivity contribution in [2.24, 2.45) is 0 Å². The summed E-state index contributed by atoms with van der Waals surface area (Å²) in [7, 11) is -3.04. The first-order valence-electron chi connectivity index (χ1n) is 23.8. The summed E-state index contributed by atoms with van der Waals surface area (Å²) in [5, 5.41) is 10.3. The largest absolute Gasteiger partial charge is 0.309 e. The normalized spacial score (nSPS) is 11.8. The van der Waals surface area contributed by atoms with Gasteiger partial charge in [-0.15, -0.1) is 0 Å². The van der Waals surface area contributed by atoms with Gasteiger partial charge in [-0.3, -0.25) is 0 Å². The predicted octanol–water partition coefficient (Wildman–Crippen LogP) is 14.3. The van der Waals surface area contributed by atoms with Crippen molar-refractivity contribution in [1.29, 1.82) is 0 Å². The molecule has 0 N–H and O–H groups in total. The van der Waals surface area contributed by atoms with Gasteiger partial charge in [-0.05, 0) is 91.0 Å². The van der Waals surface area contributed by atoms with Gasteiger partial charge in [-0.25, -0.2) is 0 Å². The number of hydrogen-bond donors (Lipinski definition) is 0. The molecule has 0 saturated carbocycles. The lowest BCUT2D eigenvalue weighted by Gasteiger charge is -2.35. The molecule has 69 heavy (non-hydrogen) atoms. The van der Waals surface area contributed by atoms with E-state index >= 15 is 0 Å². The SMILES string of the molecule is c1ccc(-c2cccc([Si](c3ccccc3)(c3cccc(-c4ccccc4)c3)c3ccc4c(c3)c3ccccc3n4-c3ccc4c(c3)c3ccccc3n4-c3ccccc3-c3ccccc3)c2)cc1. The Morgan fingerprint density at radius 3 is 1.28 bits per heavy atom. The van der Waals surface area contributed by atoms with Crippen LogP contribution in [0.1, 0.15) is 0 Å². The van der Waals surface area contributed by atoms with E-state index in [1.54, 1.807) is 0 Å². The molecule has 0 unspecified atom stereocenters. The first-order chi connectivity index (χ1) is 34.2. The number of benzene rings is 11. The maximum atomic E-state index is 2.54. The van der Waals surface area contributed by atoms with Crippen LogP contribution >= 0.6 is 0 Å². The van der Waals surface area contributed by atoms with Crippen LogP contribution in [0.5, 0.6) is 0 Å². The summed E-state index contributed by atoms with van der Waals surface area (Å²) in [6, 6.07) is 103. The zero-order valence-electron chi connectivity index (χ0n) is 38.0. The smallest absolute Gasteiger partial charge is 0.179 e. The van der Waals surface area contributed by atoms with Crippen LogP contribution < -0.4 is 20.7 Å². The summed E-state index contributed by atoms with van der Waals surface area (Å²) in [4.78, 5) is 0. The fourth-order valence-corrected chi connectivity index (χ4v) is 16.0. The fraction of sp³-hybridized carbons (Fsp3) is 0. The van der Waals surface area contributed by atoms with Crippen molar-refractivity contribution in [3.8, 4) is 44.8 Å². The van der Waals surface area contributed by atoms with Crippen molar-refractivity contribution < 1.29 is 0 Å². The molecule has 2 aromatic heterocycles. The van der Waals surface area contributed by atoms with Gasteiger partial charge in [0.2, 0.25) is 0 Å². The zero-order valence-corrected chi connectivity index (χ0v) is 39.0. The molecule has 0 spiro atoms. The third kappa shape index (κ3) is 6.70. The second-order valence-corrected chi connectivity index (χ2v) is 21.8. The number of nitrogens with zero attached hydrogens (tertiary/aromatic N) is 2. The van der Waals surface area contributed by atoms with Crippen molar-refractivity contribution in [2.45, 2.75) is 0 Å². The van der Waals surface area contributed by atoms with E-state index in [9.17, 15) is 0 Å². The van der Waals surface area contributed by atoms with E-state index in [0.29, 0.717) is 0 Å². The van der Waals surface area contributed by atoms with Gasteiger partial charge >= 0.3 is 0 Å². The highest BCUT2D eigenvalue weighted by Gasteiger charge is 2.42. The second kappa shape index (κ2) is 16.8. The van der Waals surface area contributed by atoms with Crippen LogP contribution in [-0.4, -0.2) is 17.2 Å². The van der Waals surface area contributed by atoms with Crippen LogP contribution in [0.25, 0.3) is 88.4 Å². The lowest BCUT2D eigenvalue weighted by atomic mass is 10.0. The lowest BCUT2D eigenvalue weighted by Crippen LogP contribution is -2.74. The van der Waals surface area contributed by atoms with Crippen molar-refractivity contribution in [2.75, 3.05) is 0 Å². The third-order valence-corrected chi connectivity index (χ3v) is 19.0. The van der Waals surface area contributed by atoms with Crippen LogP contribution in [0.15, 0.2) is 279 Å². The minimum absolute atomic E-state index is 1.14. The van der Waals surface area contributed by atoms with E-state index in [2.05, 4.69) is 288 Å². The topological polar surface area (TPSA) is 9.86 Å². The second-order valence-electron chi connectivity index (χ2n) is 18.0. The maximum absolute atomic E-state index is 3.04. The zero-order chi connectivity index (χ0) is 45.7. The molecule has 0 aliphatic heterocycles. The molecule has 13 rings (SSSR count). The quantitative estimate of drug-likeness (QED) is 0.101. The Bertz CT molecular complexity index is 3920. The number of aromatic nitrogens is 2. The van der Waals surface area contributed by atoms with Crippen LogP contribution in [-0.2, 0) is 0 Å². The van der Waals surface area contributed by atoms with Gasteiger partial charge in [0.05, 0.1) is 27.8 Å². The standard InChI is InChI=1S/C66H46N2Si/c1-5-21-47(22-6-1)50-27-19-31-54(43-50)69(53-29-11-4-12-30-53,55-32-20-28-51(44-55)48-23-7-2-8-24-48)56-40-42-65-61(46-56)59-35-14-17-37-63(59)67(65)52-39-41-66-60(45-52)58-34-15-18-38-64(58)68(66)62-36-16-13-33-57(62)49-25-9-3-10-26-49/h1-46H. The van der Waals surface area contributed by atoms with E-state index < -0.39 is 8.07 Å². The van der Waals surface area contributed by atoms with Gasteiger partial charge in [0.25, 0.3) is 0 Å². The van der Waals surface area contributed by atoms with E-state index in [0.717, 1.165) is 5.69 Å². The monoisotopic (exact) mass is 894 g/mol. The Hall–Kier alpha value is -8.76. The van der Waals surface area contributed by atoms with Crippen LogP contribution in [0.3, 0.4) is 0 Å². The summed E-state index contributed by atoms with van der Waals surface area (Å²) >= 11 is 0. The highest BCUT2D eigenvalue weighted by atomic mass is 28.3. The molecule has 0 aliphatic rings. The van der Waals surface area contributed by atoms with Crippen molar-refractivity contribution >= 4 is 72.4 Å². The minimum Gasteiger partial charge on any atom is -0.309 e. The lowest BCUT2D eigenvalue weighted by molar-refractivity contribution is 1.17. The Balaban J connectivity index is 1.06. The van der Waals surface area contributed by atoms with Crippen LogP contribution in [0.4, 0.5) is 0 Å². The molecular weight excluding hydrogens is 849 g/mol. The molecular formula is C66H46N2Si. The molecule has 324 valence electrons. The predicted molar refractivity (Wildman–Crippen MR) is 295 cm³/mol. The Morgan fingerprint density at radius 1 is 0.232 bits per heavy atom. The van der Waals surface area contributed by atoms with Crippen molar-refractivity contribution in [3.05, 3.63) is 279 Å². The van der Waals surface area contributed by atoms with Gasteiger partial charge in [0.15, 0.2) is 8.07 Å². The summed E-state index contributed by atoms with van der Waals surface area (Å²) < 4.78 is 4.93. The first-order valence-corrected chi connectivity index (χ1v) is 25.8. The molecule has 0 saturated heterocycles. The highest BCUT2D eigenvalue weighted by molar-refractivity contribution is 7.20. The Labute approximate surface area is 403 Å². The molecule has 0 bridgehead atoms. The van der Waals surface area contributed by atoms with Gasteiger partial charge < -0.3 is 9.13 Å². The number of fused-ring (bicyclic) bond motifs is 6. The third-order valence-electron chi connectivity index (χ3n) is 14.3. The van der Waals surface area contributed by atoms with Crippen molar-refractivity contribution in [1.82, 2.24) is 9.13 Å². The molecule has 0 radical (unpaired) electrons. The fourth-order valence-electron chi connectivity index (χ4n) is 11.2. The molecule has 0 aliphatic carbocycles. The maximum Gasteiger partial charge on any atom is 0.179 e. The number of rotatable bonds is 9. The molecule has 3 heteroatoms. The average molecular weight is 895 g/mol. The molecule has 0 fully saturated rings. The minimum atomic E-state index is -3.04.